The molecular weight excluding hydrogens is 454 g/mol. The van der Waals surface area contributed by atoms with Gasteiger partial charge in [0, 0.05) is 36.2 Å². The third kappa shape index (κ3) is 4.23. The number of carbonyl (C=O) groups excluding carboxylic acids is 1. The summed E-state index contributed by atoms with van der Waals surface area (Å²) in [7, 11) is 0. The van der Waals surface area contributed by atoms with Crippen LogP contribution in [0, 0.1) is 6.92 Å². The molecule has 4 aromatic rings. The van der Waals surface area contributed by atoms with Crippen LogP contribution in [0.1, 0.15) is 39.2 Å². The molecule has 3 aromatic heterocycles. The van der Waals surface area contributed by atoms with Crippen molar-refractivity contribution < 1.29 is 4.79 Å². The van der Waals surface area contributed by atoms with Gasteiger partial charge in [-0.3, -0.25) is 15.1 Å². The fourth-order valence-electron chi connectivity index (χ4n) is 4.01. The molecule has 0 spiro atoms. The van der Waals surface area contributed by atoms with Gasteiger partial charge in [-0.1, -0.05) is 23.5 Å². The fraction of sp³-hybridized carbons (Fsp3) is 0.261. The number of nitrogens with zero attached hydrogens (tertiary/aromatic N) is 5. The topological polar surface area (TPSA) is 97.6 Å². The molecule has 1 aliphatic heterocycles. The molecule has 0 aliphatic carbocycles. The summed E-state index contributed by atoms with van der Waals surface area (Å²) in [5.74, 6) is 1.82. The minimum atomic E-state index is -0.190. The van der Waals surface area contributed by atoms with Crippen molar-refractivity contribution in [2.24, 2.45) is 0 Å². The lowest BCUT2D eigenvalue weighted by Crippen LogP contribution is -2.12. The molecule has 168 valence electrons. The second kappa shape index (κ2) is 9.32. The van der Waals surface area contributed by atoms with Crippen molar-refractivity contribution in [1.29, 1.82) is 0 Å². The van der Waals surface area contributed by atoms with Crippen LogP contribution in [0.2, 0.25) is 0 Å². The van der Waals surface area contributed by atoms with E-state index in [2.05, 4.69) is 45.7 Å². The average Bonchev–Trinajstić information content (AvgIpc) is 3.42. The van der Waals surface area contributed by atoms with Crippen molar-refractivity contribution in [2.75, 3.05) is 22.9 Å². The summed E-state index contributed by atoms with van der Waals surface area (Å²) < 4.78 is 2.03. The summed E-state index contributed by atoms with van der Waals surface area (Å²) in [6.45, 7) is 5.79. The highest BCUT2D eigenvalue weighted by Gasteiger charge is 2.31. The molecule has 4 heterocycles. The van der Waals surface area contributed by atoms with E-state index in [0.29, 0.717) is 10.7 Å². The highest BCUT2D eigenvalue weighted by Crippen LogP contribution is 2.46. The first-order valence-electron chi connectivity index (χ1n) is 10.7. The SMILES string of the molecule is CCn1nc(-c2ccccn2)c2c1NCCSC2c1ccc(C(=O)Nc2nncs2)cc1C. The summed E-state index contributed by atoms with van der Waals surface area (Å²) in [5.41, 5.74) is 7.32. The Kier molecular flexibility index (Phi) is 6.10. The maximum Gasteiger partial charge on any atom is 0.257 e. The minimum absolute atomic E-state index is 0.0765. The van der Waals surface area contributed by atoms with Crippen LogP contribution in [0.5, 0.6) is 0 Å². The highest BCUT2D eigenvalue weighted by molar-refractivity contribution is 7.99. The molecule has 2 N–H and O–H groups in total. The number of thioether (sulfide) groups is 1. The van der Waals surface area contributed by atoms with E-state index in [1.54, 1.807) is 11.7 Å². The predicted molar refractivity (Wildman–Crippen MR) is 133 cm³/mol. The van der Waals surface area contributed by atoms with Crippen LogP contribution in [0.25, 0.3) is 11.4 Å². The van der Waals surface area contributed by atoms with Gasteiger partial charge in [-0.05, 0) is 49.2 Å². The molecule has 0 radical (unpaired) electrons. The quantitative estimate of drug-likeness (QED) is 0.433. The van der Waals surface area contributed by atoms with E-state index >= 15 is 0 Å². The van der Waals surface area contributed by atoms with Gasteiger partial charge in [0.1, 0.15) is 17.0 Å². The number of nitrogens with one attached hydrogen (secondary N) is 2. The number of aryl methyl sites for hydroxylation is 2. The molecule has 5 rings (SSSR count). The number of anilines is 2. The standard InChI is InChI=1S/C23H23N7OS2/c1-3-30-21-18(19(29-30)17-6-4-5-9-24-17)20(32-11-10-25-21)16-8-7-15(12-14(16)2)22(31)27-23-28-26-13-33-23/h4-9,12-13,20,25H,3,10-11H2,1-2H3,(H,27,28,31). The average molecular weight is 478 g/mol. The first-order chi connectivity index (χ1) is 16.2. The van der Waals surface area contributed by atoms with E-state index in [4.69, 9.17) is 5.10 Å². The van der Waals surface area contributed by atoms with E-state index in [1.807, 2.05) is 46.8 Å². The van der Waals surface area contributed by atoms with Crippen molar-refractivity contribution in [3.63, 3.8) is 0 Å². The number of carbonyl (C=O) groups is 1. The van der Waals surface area contributed by atoms with Crippen molar-refractivity contribution in [3.8, 4) is 11.4 Å². The van der Waals surface area contributed by atoms with Crippen LogP contribution in [0.3, 0.4) is 0 Å². The number of hydrogen-bond acceptors (Lipinski definition) is 8. The van der Waals surface area contributed by atoms with Crippen molar-refractivity contribution in [1.82, 2.24) is 25.0 Å². The number of fused-ring (bicyclic) bond motifs is 1. The predicted octanol–water partition coefficient (Wildman–Crippen LogP) is 4.63. The lowest BCUT2D eigenvalue weighted by molar-refractivity contribution is 0.102. The molecule has 1 aliphatic rings. The molecular formula is C23H23N7OS2. The van der Waals surface area contributed by atoms with Gasteiger partial charge < -0.3 is 5.32 Å². The molecule has 1 atom stereocenters. The lowest BCUT2D eigenvalue weighted by atomic mass is 9.96. The normalized spacial score (nSPS) is 15.4. The van der Waals surface area contributed by atoms with Gasteiger partial charge in [0.05, 0.1) is 10.9 Å². The van der Waals surface area contributed by atoms with E-state index in [-0.39, 0.29) is 11.2 Å². The second-order valence-electron chi connectivity index (χ2n) is 7.59. The van der Waals surface area contributed by atoms with Gasteiger partial charge in [0.2, 0.25) is 5.13 Å². The Balaban J connectivity index is 1.55. The lowest BCUT2D eigenvalue weighted by Gasteiger charge is -2.19. The first kappa shape index (κ1) is 21.6. The number of pyridine rings is 1. The molecule has 33 heavy (non-hydrogen) atoms. The Labute approximate surface area is 199 Å². The van der Waals surface area contributed by atoms with Crippen molar-refractivity contribution >= 4 is 40.0 Å². The van der Waals surface area contributed by atoms with Crippen LogP contribution in [0.15, 0.2) is 48.1 Å². The largest absolute Gasteiger partial charge is 0.369 e. The number of aromatic nitrogens is 5. The zero-order chi connectivity index (χ0) is 22.8. The number of benzene rings is 1. The van der Waals surface area contributed by atoms with Crippen LogP contribution in [-0.4, -0.2) is 43.2 Å². The van der Waals surface area contributed by atoms with Crippen LogP contribution >= 0.6 is 23.1 Å². The van der Waals surface area contributed by atoms with Crippen LogP contribution in [0.4, 0.5) is 10.9 Å². The molecule has 0 saturated carbocycles. The summed E-state index contributed by atoms with van der Waals surface area (Å²) in [5, 5.41) is 19.5. The number of hydrogen-bond donors (Lipinski definition) is 2. The van der Waals surface area contributed by atoms with Crippen LogP contribution < -0.4 is 10.6 Å². The zero-order valence-corrected chi connectivity index (χ0v) is 19.9. The first-order valence-corrected chi connectivity index (χ1v) is 12.6. The Hall–Kier alpha value is -3.24. The third-order valence-electron chi connectivity index (χ3n) is 5.53. The van der Waals surface area contributed by atoms with Gasteiger partial charge in [0.25, 0.3) is 5.91 Å². The summed E-state index contributed by atoms with van der Waals surface area (Å²) in [6.07, 6.45) is 1.80. The summed E-state index contributed by atoms with van der Waals surface area (Å²) in [4.78, 5) is 17.3. The zero-order valence-electron chi connectivity index (χ0n) is 18.3. The molecule has 0 saturated heterocycles. The highest BCUT2D eigenvalue weighted by atomic mass is 32.2. The number of rotatable bonds is 5. The van der Waals surface area contributed by atoms with E-state index < -0.39 is 0 Å². The van der Waals surface area contributed by atoms with Gasteiger partial charge >= 0.3 is 0 Å². The van der Waals surface area contributed by atoms with Crippen molar-refractivity contribution in [3.05, 3.63) is 70.4 Å². The summed E-state index contributed by atoms with van der Waals surface area (Å²) in [6, 6.07) is 11.8. The molecule has 1 aromatic carbocycles. The Bertz CT molecular complexity index is 1270. The second-order valence-corrected chi connectivity index (χ2v) is 9.63. The molecule has 0 fully saturated rings. The van der Waals surface area contributed by atoms with Gasteiger partial charge in [0.15, 0.2) is 0 Å². The molecule has 1 unspecified atom stereocenters. The van der Waals surface area contributed by atoms with Crippen molar-refractivity contribution in [2.45, 2.75) is 25.6 Å². The third-order valence-corrected chi connectivity index (χ3v) is 7.40. The van der Waals surface area contributed by atoms with E-state index in [0.717, 1.165) is 47.2 Å². The Morgan fingerprint density at radius 1 is 1.30 bits per heavy atom. The van der Waals surface area contributed by atoms with Gasteiger partial charge in [-0.25, -0.2) is 4.68 Å². The Morgan fingerprint density at radius 2 is 2.21 bits per heavy atom. The maximum atomic E-state index is 12.7. The Morgan fingerprint density at radius 3 is 2.94 bits per heavy atom. The van der Waals surface area contributed by atoms with Gasteiger partial charge in [-0.2, -0.15) is 5.10 Å². The van der Waals surface area contributed by atoms with E-state index in [1.165, 1.54) is 16.9 Å². The molecule has 8 nitrogen and oxygen atoms in total. The summed E-state index contributed by atoms with van der Waals surface area (Å²) >= 11 is 3.18. The van der Waals surface area contributed by atoms with E-state index in [9.17, 15) is 4.79 Å². The molecule has 1 amide bonds. The van der Waals surface area contributed by atoms with Crippen LogP contribution in [-0.2, 0) is 6.54 Å². The smallest absolute Gasteiger partial charge is 0.257 e. The monoisotopic (exact) mass is 477 g/mol. The minimum Gasteiger partial charge on any atom is -0.369 e. The fourth-order valence-corrected chi connectivity index (χ4v) is 5.74. The maximum absolute atomic E-state index is 12.7. The number of amides is 1. The molecule has 0 bridgehead atoms. The molecule has 10 heteroatoms. The van der Waals surface area contributed by atoms with Gasteiger partial charge in [-0.15, -0.1) is 22.0 Å².